The van der Waals surface area contributed by atoms with Crippen LogP contribution in [0.5, 0.6) is 0 Å². The number of fused-ring (bicyclic) bond motifs is 1. The van der Waals surface area contributed by atoms with Crippen molar-refractivity contribution >= 4 is 38.2 Å². The van der Waals surface area contributed by atoms with Crippen LogP contribution in [0.2, 0.25) is 5.02 Å². The summed E-state index contributed by atoms with van der Waals surface area (Å²) in [5.41, 5.74) is 7.48. The summed E-state index contributed by atoms with van der Waals surface area (Å²) >= 11 is 6.08. The van der Waals surface area contributed by atoms with Crippen LogP contribution in [0, 0.1) is 0 Å². The van der Waals surface area contributed by atoms with E-state index in [0.29, 0.717) is 22.6 Å². The average molecular weight is 355 g/mol. The Balaban J connectivity index is 2.34. The summed E-state index contributed by atoms with van der Waals surface area (Å²) in [5.74, 6) is 0.832. The van der Waals surface area contributed by atoms with Crippen molar-refractivity contribution in [2.45, 2.75) is 24.4 Å². The number of halogens is 1. The lowest BCUT2D eigenvalue weighted by atomic mass is 10.2. The molecule has 1 atom stereocenters. The fraction of sp³-hybridized carbons (Fsp3) is 0.400. The molecule has 0 saturated carbocycles. The van der Waals surface area contributed by atoms with Crippen LogP contribution < -0.4 is 11.1 Å². The highest BCUT2D eigenvalue weighted by atomic mass is 35.5. The number of benzene rings is 1. The van der Waals surface area contributed by atoms with Gasteiger partial charge in [0.05, 0.1) is 29.2 Å². The summed E-state index contributed by atoms with van der Waals surface area (Å²) in [6, 6.07) is 4.82. The second kappa shape index (κ2) is 5.81. The molecule has 0 bridgehead atoms. The molecule has 1 aliphatic rings. The largest absolute Gasteiger partial charge is 0.370 e. The molecule has 0 amide bonds. The number of hydrogen-bond acceptors (Lipinski definition) is 5. The van der Waals surface area contributed by atoms with Crippen molar-refractivity contribution in [1.82, 2.24) is 9.88 Å². The van der Waals surface area contributed by atoms with E-state index in [9.17, 15) is 8.42 Å². The minimum Gasteiger partial charge on any atom is -0.370 e. The van der Waals surface area contributed by atoms with Crippen LogP contribution in [0.3, 0.4) is 0 Å². The van der Waals surface area contributed by atoms with Crippen molar-refractivity contribution in [3.63, 3.8) is 0 Å². The molecule has 3 N–H and O–H groups in total. The molecular weight excluding hydrogens is 336 g/mol. The smallest absolute Gasteiger partial charge is 0.177 e. The first-order valence-corrected chi connectivity index (χ1v) is 9.60. The van der Waals surface area contributed by atoms with E-state index >= 15 is 0 Å². The van der Waals surface area contributed by atoms with Crippen molar-refractivity contribution in [2.75, 3.05) is 19.3 Å². The quantitative estimate of drug-likeness (QED) is 0.874. The molecule has 2 aromatic rings. The Morgan fingerprint density at radius 2 is 2.22 bits per heavy atom. The average Bonchev–Trinajstić information content (AvgIpc) is 3.04. The highest BCUT2D eigenvalue weighted by Crippen LogP contribution is 2.35. The Hall–Kier alpha value is -1.57. The fourth-order valence-electron chi connectivity index (χ4n) is 3.03. The molecule has 0 fully saturated rings. The van der Waals surface area contributed by atoms with E-state index in [1.807, 2.05) is 10.6 Å². The standard InChI is InChI=1S/C15H19ClN4O2S/c1-9(17)14-15(23(2,21)22)11-7-10(16)3-4-12(11)20(14)8-13-18-5-6-19-13/h3-4,7,9H,5-6,8,17H2,1-2H3,(H,18,19). The van der Waals surface area contributed by atoms with Crippen molar-refractivity contribution in [2.24, 2.45) is 10.7 Å². The SMILES string of the molecule is CC(N)c1c(S(C)(=O)=O)c2cc(Cl)ccc2n1CC1=NCCN1. The Bertz CT molecular complexity index is 900. The third-order valence-electron chi connectivity index (χ3n) is 3.87. The Kier molecular flexibility index (Phi) is 4.12. The molecule has 0 saturated heterocycles. The van der Waals surface area contributed by atoms with E-state index in [1.165, 1.54) is 6.26 Å². The third kappa shape index (κ3) is 2.96. The minimum atomic E-state index is -3.45. The number of rotatable bonds is 4. The summed E-state index contributed by atoms with van der Waals surface area (Å²) in [4.78, 5) is 4.65. The molecule has 6 nitrogen and oxygen atoms in total. The molecule has 23 heavy (non-hydrogen) atoms. The molecule has 2 heterocycles. The van der Waals surface area contributed by atoms with Gasteiger partial charge in [-0.25, -0.2) is 8.42 Å². The molecule has 8 heteroatoms. The number of nitrogens with one attached hydrogen (secondary N) is 1. The van der Waals surface area contributed by atoms with Crippen molar-refractivity contribution in [1.29, 1.82) is 0 Å². The van der Waals surface area contributed by atoms with E-state index in [-0.39, 0.29) is 4.90 Å². The van der Waals surface area contributed by atoms with Gasteiger partial charge >= 0.3 is 0 Å². The van der Waals surface area contributed by atoms with Crippen molar-refractivity contribution < 1.29 is 8.42 Å². The van der Waals surface area contributed by atoms with Crippen LogP contribution in [-0.4, -0.2) is 38.2 Å². The maximum atomic E-state index is 12.4. The number of aliphatic imine (C=N–C) groups is 1. The van der Waals surface area contributed by atoms with Crippen molar-refractivity contribution in [3.8, 4) is 0 Å². The van der Waals surface area contributed by atoms with Gasteiger partial charge in [-0.2, -0.15) is 0 Å². The van der Waals surface area contributed by atoms with Gasteiger partial charge in [0, 0.05) is 29.3 Å². The van der Waals surface area contributed by atoms with E-state index in [1.54, 1.807) is 19.1 Å². The molecule has 1 aromatic carbocycles. The van der Waals surface area contributed by atoms with Crippen LogP contribution in [0.25, 0.3) is 10.9 Å². The molecule has 1 unspecified atom stereocenters. The zero-order valence-corrected chi connectivity index (χ0v) is 14.6. The van der Waals surface area contributed by atoms with E-state index in [4.69, 9.17) is 17.3 Å². The van der Waals surface area contributed by atoms with Crippen LogP contribution in [-0.2, 0) is 16.4 Å². The highest BCUT2D eigenvalue weighted by Gasteiger charge is 2.27. The molecule has 0 aliphatic carbocycles. The monoisotopic (exact) mass is 354 g/mol. The summed E-state index contributed by atoms with van der Waals surface area (Å²) in [6.45, 7) is 3.77. The lowest BCUT2D eigenvalue weighted by molar-refractivity contribution is 0.596. The lowest BCUT2D eigenvalue weighted by Crippen LogP contribution is -2.26. The summed E-state index contributed by atoms with van der Waals surface area (Å²) in [5, 5.41) is 4.30. The molecule has 0 radical (unpaired) electrons. The number of hydrogen-bond donors (Lipinski definition) is 2. The first-order valence-electron chi connectivity index (χ1n) is 7.33. The Labute approximate surface area is 140 Å². The molecule has 0 spiro atoms. The number of nitrogens with zero attached hydrogens (tertiary/aromatic N) is 2. The topological polar surface area (TPSA) is 89.5 Å². The van der Waals surface area contributed by atoms with Crippen LogP contribution in [0.15, 0.2) is 28.1 Å². The fourth-order valence-corrected chi connectivity index (χ4v) is 4.44. The normalized spacial score (nSPS) is 16.4. The summed E-state index contributed by atoms with van der Waals surface area (Å²) < 4.78 is 26.7. The minimum absolute atomic E-state index is 0.253. The van der Waals surface area contributed by atoms with E-state index in [0.717, 1.165) is 24.4 Å². The first kappa shape index (κ1) is 16.3. The number of amidine groups is 1. The van der Waals surface area contributed by atoms with Gasteiger partial charge in [0.1, 0.15) is 5.84 Å². The highest BCUT2D eigenvalue weighted by molar-refractivity contribution is 7.91. The predicted octanol–water partition coefficient (Wildman–Crippen LogP) is 1.72. The summed E-state index contributed by atoms with van der Waals surface area (Å²) in [6.07, 6.45) is 1.20. The number of nitrogens with two attached hydrogens (primary N) is 1. The molecule has 1 aliphatic heterocycles. The molecule has 1 aromatic heterocycles. The summed E-state index contributed by atoms with van der Waals surface area (Å²) in [7, 11) is -3.45. The lowest BCUT2D eigenvalue weighted by Gasteiger charge is -2.15. The van der Waals surface area contributed by atoms with Gasteiger partial charge in [-0.1, -0.05) is 11.6 Å². The number of aromatic nitrogens is 1. The molecular formula is C15H19ClN4O2S. The van der Waals surface area contributed by atoms with Gasteiger partial charge < -0.3 is 15.6 Å². The maximum Gasteiger partial charge on any atom is 0.177 e. The zero-order valence-electron chi connectivity index (χ0n) is 13.0. The second-order valence-corrected chi connectivity index (χ2v) is 8.17. The molecule has 124 valence electrons. The first-order chi connectivity index (χ1) is 10.8. The van der Waals surface area contributed by atoms with E-state index < -0.39 is 15.9 Å². The van der Waals surface area contributed by atoms with Gasteiger partial charge in [-0.3, -0.25) is 4.99 Å². The second-order valence-electron chi connectivity index (χ2n) is 5.78. The maximum absolute atomic E-state index is 12.4. The van der Waals surface area contributed by atoms with Crippen LogP contribution in [0.4, 0.5) is 0 Å². The van der Waals surface area contributed by atoms with E-state index in [2.05, 4.69) is 10.3 Å². The zero-order chi connectivity index (χ0) is 16.8. The van der Waals surface area contributed by atoms with Gasteiger partial charge in [0.25, 0.3) is 0 Å². The number of sulfone groups is 1. The van der Waals surface area contributed by atoms with Gasteiger partial charge in [-0.15, -0.1) is 0 Å². The molecule has 3 rings (SSSR count). The Morgan fingerprint density at radius 1 is 1.48 bits per heavy atom. The Morgan fingerprint density at radius 3 is 2.78 bits per heavy atom. The van der Waals surface area contributed by atoms with Crippen LogP contribution in [0.1, 0.15) is 18.7 Å². The van der Waals surface area contributed by atoms with Gasteiger partial charge in [0.15, 0.2) is 9.84 Å². The van der Waals surface area contributed by atoms with Gasteiger partial charge in [0.2, 0.25) is 0 Å². The predicted molar refractivity (Wildman–Crippen MR) is 93.0 cm³/mol. The van der Waals surface area contributed by atoms with Crippen molar-refractivity contribution in [3.05, 3.63) is 28.9 Å². The van der Waals surface area contributed by atoms with Gasteiger partial charge in [-0.05, 0) is 25.1 Å². The van der Waals surface area contributed by atoms with Crippen LogP contribution >= 0.6 is 11.6 Å². The third-order valence-corrected chi connectivity index (χ3v) is 5.28.